The van der Waals surface area contributed by atoms with E-state index in [-0.39, 0.29) is 6.61 Å². The molecule has 4 heteroatoms. The van der Waals surface area contributed by atoms with Gasteiger partial charge in [0.25, 0.3) is 0 Å². The van der Waals surface area contributed by atoms with Crippen LogP contribution < -0.4 is 0 Å². The molecule has 0 bridgehead atoms. The minimum absolute atomic E-state index is 0.0542. The lowest BCUT2D eigenvalue weighted by Gasteiger charge is -2.09. The lowest BCUT2D eigenvalue weighted by molar-refractivity contribution is 0.134. The number of hydrogen-bond donors (Lipinski definition) is 2. The van der Waals surface area contributed by atoms with Crippen molar-refractivity contribution in [3.8, 4) is 0 Å². The first kappa shape index (κ1) is 10.8. The Bertz CT molecular complexity index is 289. The number of benzene rings is 1. The SMILES string of the molecule is OCC[C@@H](O)c1ccc(Cl)c(Cl)c1. The topological polar surface area (TPSA) is 40.5 Å². The molecule has 0 spiro atoms. The molecule has 2 N–H and O–H groups in total. The maximum atomic E-state index is 9.47. The predicted octanol–water partition coefficient (Wildman–Crippen LogP) is 2.41. The zero-order chi connectivity index (χ0) is 9.84. The van der Waals surface area contributed by atoms with Gasteiger partial charge in [0.1, 0.15) is 0 Å². The summed E-state index contributed by atoms with van der Waals surface area (Å²) in [5.41, 5.74) is 0.670. The predicted molar refractivity (Wildman–Crippen MR) is 53.1 cm³/mol. The Balaban J connectivity index is 2.84. The van der Waals surface area contributed by atoms with Crippen LogP contribution in [0.4, 0.5) is 0 Å². The lowest BCUT2D eigenvalue weighted by atomic mass is 10.1. The van der Waals surface area contributed by atoms with Gasteiger partial charge in [-0.15, -0.1) is 0 Å². The van der Waals surface area contributed by atoms with E-state index in [0.717, 1.165) is 0 Å². The van der Waals surface area contributed by atoms with Gasteiger partial charge in [0.15, 0.2) is 0 Å². The van der Waals surface area contributed by atoms with Crippen LogP contribution in [0.3, 0.4) is 0 Å². The van der Waals surface area contributed by atoms with Crippen molar-refractivity contribution in [3.63, 3.8) is 0 Å². The van der Waals surface area contributed by atoms with Crippen molar-refractivity contribution in [2.24, 2.45) is 0 Å². The molecule has 13 heavy (non-hydrogen) atoms. The molecule has 0 amide bonds. The second kappa shape index (κ2) is 4.82. The minimum atomic E-state index is -0.681. The Morgan fingerprint density at radius 1 is 1.23 bits per heavy atom. The summed E-state index contributed by atoms with van der Waals surface area (Å²) >= 11 is 11.5. The monoisotopic (exact) mass is 220 g/mol. The van der Waals surface area contributed by atoms with Crippen LogP contribution >= 0.6 is 23.2 Å². The molecule has 1 aromatic rings. The summed E-state index contributed by atoms with van der Waals surface area (Å²) in [6.07, 6.45) is -0.377. The maximum absolute atomic E-state index is 9.47. The number of rotatable bonds is 3. The quantitative estimate of drug-likeness (QED) is 0.822. The van der Waals surface area contributed by atoms with Crippen molar-refractivity contribution >= 4 is 23.2 Å². The molecule has 1 atom stereocenters. The van der Waals surface area contributed by atoms with Gasteiger partial charge in [0.05, 0.1) is 16.1 Å². The van der Waals surface area contributed by atoms with Crippen molar-refractivity contribution < 1.29 is 10.2 Å². The van der Waals surface area contributed by atoms with Gasteiger partial charge in [-0.25, -0.2) is 0 Å². The van der Waals surface area contributed by atoms with Gasteiger partial charge in [-0.3, -0.25) is 0 Å². The Hall–Kier alpha value is -0.280. The average molecular weight is 221 g/mol. The molecule has 0 radical (unpaired) electrons. The minimum Gasteiger partial charge on any atom is -0.396 e. The van der Waals surface area contributed by atoms with E-state index in [9.17, 15) is 5.11 Å². The van der Waals surface area contributed by atoms with Crippen LogP contribution in [0.25, 0.3) is 0 Å². The number of hydrogen-bond acceptors (Lipinski definition) is 2. The van der Waals surface area contributed by atoms with Gasteiger partial charge in [-0.2, -0.15) is 0 Å². The summed E-state index contributed by atoms with van der Waals surface area (Å²) in [5.74, 6) is 0. The van der Waals surface area contributed by atoms with E-state index in [2.05, 4.69) is 0 Å². The molecule has 0 saturated heterocycles. The molecular formula is C9H10Cl2O2. The van der Waals surface area contributed by atoms with Crippen LogP contribution in [0.1, 0.15) is 18.1 Å². The normalized spacial score (nSPS) is 12.9. The van der Waals surface area contributed by atoms with Gasteiger partial charge in [0, 0.05) is 13.0 Å². The van der Waals surface area contributed by atoms with Gasteiger partial charge in [-0.1, -0.05) is 29.3 Å². The molecule has 0 aliphatic carbocycles. The molecule has 72 valence electrons. The molecule has 0 aliphatic rings. The molecule has 0 unspecified atom stereocenters. The summed E-state index contributed by atoms with van der Waals surface area (Å²) in [6.45, 7) is -0.0542. The van der Waals surface area contributed by atoms with Gasteiger partial charge < -0.3 is 10.2 Å². The van der Waals surface area contributed by atoms with E-state index >= 15 is 0 Å². The second-order valence-corrected chi connectivity index (χ2v) is 3.52. The van der Waals surface area contributed by atoms with Crippen LogP contribution in [0.2, 0.25) is 10.0 Å². The highest BCUT2D eigenvalue weighted by Crippen LogP contribution is 2.26. The Morgan fingerprint density at radius 2 is 1.92 bits per heavy atom. The highest BCUT2D eigenvalue weighted by atomic mass is 35.5. The third kappa shape index (κ3) is 2.85. The van der Waals surface area contributed by atoms with Crippen molar-refractivity contribution in [2.45, 2.75) is 12.5 Å². The number of aliphatic hydroxyl groups is 2. The van der Waals surface area contributed by atoms with E-state index in [1.807, 2.05) is 0 Å². The number of aliphatic hydroxyl groups excluding tert-OH is 2. The Kier molecular flexibility index (Phi) is 4.00. The molecular weight excluding hydrogens is 211 g/mol. The van der Waals surface area contributed by atoms with E-state index in [1.165, 1.54) is 0 Å². The molecule has 0 saturated carbocycles. The molecule has 1 rings (SSSR count). The third-order valence-corrected chi connectivity index (χ3v) is 2.47. The fourth-order valence-corrected chi connectivity index (χ4v) is 1.32. The molecule has 0 fully saturated rings. The first-order chi connectivity index (χ1) is 6.15. The highest BCUT2D eigenvalue weighted by molar-refractivity contribution is 6.42. The smallest absolute Gasteiger partial charge is 0.0812 e. The molecule has 1 aromatic carbocycles. The molecule has 0 heterocycles. The zero-order valence-corrected chi connectivity index (χ0v) is 8.39. The van der Waals surface area contributed by atoms with Crippen molar-refractivity contribution in [1.29, 1.82) is 0 Å². The maximum Gasteiger partial charge on any atom is 0.0812 e. The van der Waals surface area contributed by atoms with Crippen LogP contribution in [-0.2, 0) is 0 Å². The summed E-state index contributed by atoms with van der Waals surface area (Å²) in [6, 6.07) is 4.92. The fourth-order valence-electron chi connectivity index (χ4n) is 1.01. The Labute approximate surface area is 86.7 Å². The van der Waals surface area contributed by atoms with E-state index in [1.54, 1.807) is 18.2 Å². The zero-order valence-electron chi connectivity index (χ0n) is 6.87. The first-order valence-corrected chi connectivity index (χ1v) is 4.64. The van der Waals surface area contributed by atoms with Crippen LogP contribution in [0.5, 0.6) is 0 Å². The second-order valence-electron chi connectivity index (χ2n) is 2.70. The largest absolute Gasteiger partial charge is 0.396 e. The molecule has 0 aromatic heterocycles. The van der Waals surface area contributed by atoms with Gasteiger partial charge >= 0.3 is 0 Å². The standard InChI is InChI=1S/C9H10Cl2O2/c10-7-2-1-6(5-8(7)11)9(13)3-4-12/h1-2,5,9,12-13H,3-4H2/t9-/m1/s1. The summed E-state index contributed by atoms with van der Waals surface area (Å²) < 4.78 is 0. The molecule has 2 nitrogen and oxygen atoms in total. The van der Waals surface area contributed by atoms with Gasteiger partial charge in [0.2, 0.25) is 0 Å². The van der Waals surface area contributed by atoms with Crippen LogP contribution in [0, 0.1) is 0 Å². The van der Waals surface area contributed by atoms with Gasteiger partial charge in [-0.05, 0) is 17.7 Å². The van der Waals surface area contributed by atoms with Crippen LogP contribution in [0.15, 0.2) is 18.2 Å². The van der Waals surface area contributed by atoms with E-state index in [4.69, 9.17) is 28.3 Å². The van der Waals surface area contributed by atoms with E-state index in [0.29, 0.717) is 22.0 Å². The fraction of sp³-hybridized carbons (Fsp3) is 0.333. The van der Waals surface area contributed by atoms with E-state index < -0.39 is 6.10 Å². The lowest BCUT2D eigenvalue weighted by Crippen LogP contribution is -1.99. The van der Waals surface area contributed by atoms with Crippen LogP contribution in [-0.4, -0.2) is 16.8 Å². The summed E-state index contributed by atoms with van der Waals surface area (Å²) in [7, 11) is 0. The molecule has 0 aliphatic heterocycles. The van der Waals surface area contributed by atoms with Crippen molar-refractivity contribution in [3.05, 3.63) is 33.8 Å². The van der Waals surface area contributed by atoms with Crippen molar-refractivity contribution in [1.82, 2.24) is 0 Å². The van der Waals surface area contributed by atoms with Crippen molar-refractivity contribution in [2.75, 3.05) is 6.61 Å². The first-order valence-electron chi connectivity index (χ1n) is 3.89. The average Bonchev–Trinajstić information content (AvgIpc) is 2.10. The highest BCUT2D eigenvalue weighted by Gasteiger charge is 2.08. The number of halogens is 2. The summed E-state index contributed by atoms with van der Waals surface area (Å²) in [5, 5.41) is 18.9. The Morgan fingerprint density at radius 3 is 2.46 bits per heavy atom. The summed E-state index contributed by atoms with van der Waals surface area (Å²) in [4.78, 5) is 0. The third-order valence-electron chi connectivity index (χ3n) is 1.73.